The van der Waals surface area contributed by atoms with E-state index in [0.29, 0.717) is 23.2 Å². The van der Waals surface area contributed by atoms with Crippen LogP contribution in [0.3, 0.4) is 0 Å². The highest BCUT2D eigenvalue weighted by Crippen LogP contribution is 2.28. The molecule has 5 heteroatoms. The Balaban J connectivity index is 1.67. The summed E-state index contributed by atoms with van der Waals surface area (Å²) in [6.07, 6.45) is 5.28. The van der Waals surface area contributed by atoms with E-state index >= 15 is 0 Å². The van der Waals surface area contributed by atoms with E-state index in [-0.39, 0.29) is 6.04 Å². The van der Waals surface area contributed by atoms with Gasteiger partial charge in [0.05, 0.1) is 17.8 Å². The van der Waals surface area contributed by atoms with Gasteiger partial charge in [-0.2, -0.15) is 0 Å². The minimum absolute atomic E-state index is 0.193. The number of halogens is 1. The number of pyridine rings is 1. The van der Waals surface area contributed by atoms with Gasteiger partial charge in [0.1, 0.15) is 0 Å². The normalized spacial score (nSPS) is 12.3. The number of aromatic nitrogens is 2. The van der Waals surface area contributed by atoms with Crippen molar-refractivity contribution in [2.45, 2.75) is 19.5 Å². The zero-order valence-corrected chi connectivity index (χ0v) is 12.9. The van der Waals surface area contributed by atoms with E-state index in [1.165, 1.54) is 5.56 Å². The maximum absolute atomic E-state index is 6.17. The average molecular weight is 314 g/mol. The molecule has 2 heterocycles. The monoisotopic (exact) mass is 313 g/mol. The summed E-state index contributed by atoms with van der Waals surface area (Å²) in [5, 5.41) is 4.03. The highest BCUT2D eigenvalue weighted by Gasteiger charge is 2.11. The molecule has 0 saturated heterocycles. The second-order valence-corrected chi connectivity index (χ2v) is 5.39. The van der Waals surface area contributed by atoms with Crippen molar-refractivity contribution in [3.63, 3.8) is 0 Å². The number of nitrogens with one attached hydrogen (secondary N) is 1. The van der Waals surface area contributed by atoms with Crippen LogP contribution in [0.4, 0.5) is 0 Å². The van der Waals surface area contributed by atoms with Crippen LogP contribution in [0.2, 0.25) is 5.02 Å². The number of nitrogens with zero attached hydrogens (tertiary/aromatic N) is 2. The number of hydrogen-bond acceptors (Lipinski definition) is 4. The van der Waals surface area contributed by atoms with Gasteiger partial charge in [0.15, 0.2) is 5.76 Å². The van der Waals surface area contributed by atoms with E-state index < -0.39 is 0 Å². The van der Waals surface area contributed by atoms with Crippen molar-refractivity contribution in [2.75, 3.05) is 0 Å². The lowest BCUT2D eigenvalue weighted by Crippen LogP contribution is -2.18. The molecule has 0 amide bonds. The molecule has 3 rings (SSSR count). The Bertz CT molecular complexity index is 742. The third-order valence-electron chi connectivity index (χ3n) is 3.46. The summed E-state index contributed by atoms with van der Waals surface area (Å²) in [6, 6.07) is 11.7. The Hall–Kier alpha value is -2.17. The molecule has 0 saturated carbocycles. The number of benzene rings is 1. The molecule has 0 bridgehead atoms. The fourth-order valence-electron chi connectivity index (χ4n) is 2.19. The number of hydrogen-bond donors (Lipinski definition) is 1. The number of oxazole rings is 1. The third-order valence-corrected chi connectivity index (χ3v) is 3.79. The first-order valence-corrected chi connectivity index (χ1v) is 7.45. The fourth-order valence-corrected chi connectivity index (χ4v) is 2.42. The van der Waals surface area contributed by atoms with Crippen LogP contribution in [-0.4, -0.2) is 9.97 Å². The molecule has 1 aromatic carbocycles. The maximum Gasteiger partial charge on any atom is 0.208 e. The van der Waals surface area contributed by atoms with Gasteiger partial charge in [-0.3, -0.25) is 4.98 Å². The topological polar surface area (TPSA) is 51.0 Å². The van der Waals surface area contributed by atoms with Gasteiger partial charge in [0, 0.05) is 24.0 Å². The van der Waals surface area contributed by atoms with Crippen LogP contribution in [0, 0.1) is 0 Å². The Morgan fingerprint density at radius 2 is 1.95 bits per heavy atom. The largest absolute Gasteiger partial charge is 0.439 e. The molecule has 0 aliphatic heterocycles. The van der Waals surface area contributed by atoms with Gasteiger partial charge in [-0.25, -0.2) is 4.98 Å². The van der Waals surface area contributed by atoms with E-state index in [1.807, 2.05) is 36.4 Å². The van der Waals surface area contributed by atoms with Gasteiger partial charge in [-0.05, 0) is 36.8 Å². The lowest BCUT2D eigenvalue weighted by Gasteiger charge is -2.12. The van der Waals surface area contributed by atoms with Gasteiger partial charge in [-0.15, -0.1) is 0 Å². The summed E-state index contributed by atoms with van der Waals surface area (Å²) >= 11 is 6.17. The molecule has 3 aromatic rings. The summed E-state index contributed by atoms with van der Waals surface area (Å²) in [5.41, 5.74) is 2.03. The first-order valence-electron chi connectivity index (χ1n) is 7.07. The molecule has 112 valence electrons. The van der Waals surface area contributed by atoms with E-state index in [9.17, 15) is 0 Å². The molecule has 4 nitrogen and oxygen atoms in total. The van der Waals surface area contributed by atoms with Gasteiger partial charge in [-0.1, -0.05) is 23.7 Å². The van der Waals surface area contributed by atoms with Gasteiger partial charge in [0.25, 0.3) is 0 Å². The molecular formula is C17H16ClN3O. The molecule has 0 fully saturated rings. The van der Waals surface area contributed by atoms with Crippen LogP contribution in [-0.2, 0) is 6.54 Å². The van der Waals surface area contributed by atoms with Crippen LogP contribution in [0.1, 0.15) is 24.4 Å². The van der Waals surface area contributed by atoms with Crippen molar-refractivity contribution in [3.05, 3.63) is 71.5 Å². The lowest BCUT2D eigenvalue weighted by atomic mass is 10.1. The standard InChI is InChI=1S/C17H16ClN3O/c1-12(13-6-8-19-9-7-13)20-11-17-21-10-16(22-17)14-4-2-3-5-15(14)18/h2-10,12,20H,11H2,1H3. The van der Waals surface area contributed by atoms with Crippen molar-refractivity contribution >= 4 is 11.6 Å². The van der Waals surface area contributed by atoms with Crippen LogP contribution >= 0.6 is 11.6 Å². The smallest absolute Gasteiger partial charge is 0.208 e. The van der Waals surface area contributed by atoms with Crippen molar-refractivity contribution < 1.29 is 4.42 Å². The van der Waals surface area contributed by atoms with Crippen molar-refractivity contribution in [1.82, 2.24) is 15.3 Å². The molecule has 0 aliphatic rings. The summed E-state index contributed by atoms with van der Waals surface area (Å²) in [7, 11) is 0. The van der Waals surface area contributed by atoms with Gasteiger partial charge < -0.3 is 9.73 Å². The Kier molecular flexibility index (Phi) is 4.51. The summed E-state index contributed by atoms with van der Waals surface area (Å²) in [6.45, 7) is 2.64. The van der Waals surface area contributed by atoms with Crippen LogP contribution in [0.25, 0.3) is 11.3 Å². The Morgan fingerprint density at radius 3 is 2.73 bits per heavy atom. The molecular weight excluding hydrogens is 298 g/mol. The van der Waals surface area contributed by atoms with E-state index in [1.54, 1.807) is 18.6 Å². The minimum Gasteiger partial charge on any atom is -0.439 e. The maximum atomic E-state index is 6.17. The Morgan fingerprint density at radius 1 is 1.18 bits per heavy atom. The summed E-state index contributed by atoms with van der Waals surface area (Å²) in [4.78, 5) is 8.32. The van der Waals surface area contributed by atoms with Crippen LogP contribution < -0.4 is 5.32 Å². The van der Waals surface area contributed by atoms with Gasteiger partial charge >= 0.3 is 0 Å². The van der Waals surface area contributed by atoms with Gasteiger partial charge in [0.2, 0.25) is 5.89 Å². The molecule has 1 unspecified atom stereocenters. The zero-order chi connectivity index (χ0) is 15.4. The SMILES string of the molecule is CC(NCc1ncc(-c2ccccc2Cl)o1)c1ccncc1. The second kappa shape index (κ2) is 6.73. The first-order chi connectivity index (χ1) is 10.7. The van der Waals surface area contributed by atoms with Crippen molar-refractivity contribution in [3.8, 4) is 11.3 Å². The fraction of sp³-hybridized carbons (Fsp3) is 0.176. The molecule has 1 atom stereocenters. The van der Waals surface area contributed by atoms with E-state index in [4.69, 9.17) is 16.0 Å². The zero-order valence-electron chi connectivity index (χ0n) is 12.2. The van der Waals surface area contributed by atoms with Crippen LogP contribution in [0.5, 0.6) is 0 Å². The Labute approximate surface area is 134 Å². The quantitative estimate of drug-likeness (QED) is 0.765. The molecule has 1 N–H and O–H groups in total. The molecule has 2 aromatic heterocycles. The highest BCUT2D eigenvalue weighted by molar-refractivity contribution is 6.33. The van der Waals surface area contributed by atoms with Crippen molar-refractivity contribution in [1.29, 1.82) is 0 Å². The molecule has 22 heavy (non-hydrogen) atoms. The highest BCUT2D eigenvalue weighted by atomic mass is 35.5. The molecule has 0 spiro atoms. The van der Waals surface area contributed by atoms with E-state index in [0.717, 1.165) is 5.56 Å². The number of rotatable bonds is 5. The second-order valence-electron chi connectivity index (χ2n) is 4.98. The predicted octanol–water partition coefficient (Wildman–Crippen LogP) is 4.24. The summed E-state index contributed by atoms with van der Waals surface area (Å²) < 4.78 is 5.77. The van der Waals surface area contributed by atoms with E-state index in [2.05, 4.69) is 22.2 Å². The van der Waals surface area contributed by atoms with Crippen molar-refractivity contribution in [2.24, 2.45) is 0 Å². The summed E-state index contributed by atoms with van der Waals surface area (Å²) in [5.74, 6) is 1.31. The van der Waals surface area contributed by atoms with Crippen LogP contribution in [0.15, 0.2) is 59.4 Å². The average Bonchev–Trinajstić information content (AvgIpc) is 3.02. The molecule has 0 radical (unpaired) electrons. The third kappa shape index (κ3) is 3.35. The predicted molar refractivity (Wildman–Crippen MR) is 86.4 cm³/mol. The first kappa shape index (κ1) is 14.8. The molecule has 0 aliphatic carbocycles. The lowest BCUT2D eigenvalue weighted by molar-refractivity contribution is 0.454. The minimum atomic E-state index is 0.193.